The Morgan fingerprint density at radius 1 is 0.845 bits per heavy atom. The zero-order valence-corrected chi connectivity index (χ0v) is 33.4. The molecule has 1 spiro atoms. The summed E-state index contributed by atoms with van der Waals surface area (Å²) in [6.45, 7) is 3.45. The molecule has 310 valence electrons. The fraction of sp³-hybridized carbons (Fsp3) is 0.281. The molecule has 26 heteroatoms. The second kappa shape index (κ2) is 15.1. The minimum Gasteiger partial charge on any atom is -0.494 e. The minimum atomic E-state index is -6.17. The molecule has 0 amide bonds. The highest BCUT2D eigenvalue weighted by molar-refractivity contribution is 7.70. The number of carbonyl (C=O) groups excluding carboxylic acids is 1. The van der Waals surface area contributed by atoms with E-state index in [0.717, 1.165) is 22.9 Å². The van der Waals surface area contributed by atoms with Crippen LogP contribution in [-0.4, -0.2) is 65.2 Å². The van der Waals surface area contributed by atoms with Crippen LogP contribution in [-0.2, 0) is 46.3 Å². The van der Waals surface area contributed by atoms with Gasteiger partial charge in [-0.1, -0.05) is 18.2 Å². The number of ether oxygens (including phenoxy) is 4. The van der Waals surface area contributed by atoms with E-state index in [9.17, 15) is 57.3 Å². The number of phosphoric acid groups is 3. The van der Waals surface area contributed by atoms with Gasteiger partial charge >= 0.3 is 42.7 Å². The molecule has 0 radical (unpaired) electrons. The van der Waals surface area contributed by atoms with Crippen LogP contribution in [0.3, 0.4) is 0 Å². The smallest absolute Gasteiger partial charge is 0.494 e. The van der Waals surface area contributed by atoms with Crippen LogP contribution in [0.2, 0.25) is 0 Å². The van der Waals surface area contributed by atoms with Crippen LogP contribution in [0.25, 0.3) is 0 Å². The number of benzene rings is 3. The number of aliphatic hydroxyl groups excluding tert-OH is 1. The molecule has 6 N–H and O–H groups in total. The maximum absolute atomic E-state index is 13.1. The van der Waals surface area contributed by atoms with Gasteiger partial charge in [-0.2, -0.15) is 8.62 Å². The molecule has 8 atom stereocenters. The number of aryl methyl sites for hydroxylation is 1. The lowest BCUT2D eigenvalue weighted by molar-refractivity contribution is -0.0104. The number of phosphoric ester groups is 1. The Morgan fingerprint density at radius 3 is 2.16 bits per heavy atom. The molecule has 7 rings (SSSR count). The van der Waals surface area contributed by atoms with Crippen molar-refractivity contribution in [3.63, 3.8) is 0 Å². The molecule has 0 aliphatic carbocycles. The van der Waals surface area contributed by atoms with Crippen molar-refractivity contribution < 1.29 is 84.1 Å². The average molecular weight is 888 g/mol. The summed E-state index contributed by atoms with van der Waals surface area (Å²) in [5.74, 6) is -0.676. The van der Waals surface area contributed by atoms with Crippen molar-refractivity contribution in [2.45, 2.75) is 44.3 Å². The normalized spacial score (nSPS) is 24.8. The summed E-state index contributed by atoms with van der Waals surface area (Å²) in [5, 5.41) is 10.4. The highest BCUT2D eigenvalue weighted by Crippen LogP contribution is 2.71. The van der Waals surface area contributed by atoms with Crippen molar-refractivity contribution in [2.24, 2.45) is 0 Å². The number of hydrogen-bond donors (Lipinski definition) is 6. The van der Waals surface area contributed by atoms with Gasteiger partial charge in [0, 0.05) is 47.0 Å². The maximum atomic E-state index is 13.1. The monoisotopic (exact) mass is 888 g/mol. The molecular weight excluding hydrogens is 856 g/mol. The Balaban J connectivity index is 1.05. The van der Waals surface area contributed by atoms with Gasteiger partial charge in [-0.25, -0.2) is 27.6 Å². The predicted molar refractivity (Wildman–Crippen MR) is 195 cm³/mol. The van der Waals surface area contributed by atoms with Crippen molar-refractivity contribution in [3.8, 4) is 23.0 Å². The van der Waals surface area contributed by atoms with Crippen molar-refractivity contribution in [1.29, 1.82) is 0 Å². The number of fused-ring (bicyclic) bond motifs is 6. The molecule has 3 aromatic carbocycles. The van der Waals surface area contributed by atoms with Crippen LogP contribution in [0.1, 0.15) is 52.2 Å². The van der Waals surface area contributed by atoms with Crippen LogP contribution >= 0.6 is 31.1 Å². The fourth-order valence-corrected chi connectivity index (χ4v) is 12.4. The average Bonchev–Trinajstić information content (AvgIpc) is 3.60. The lowest BCUT2D eigenvalue weighted by atomic mass is 9.77. The topological polar surface area (TPSA) is 315 Å². The first-order chi connectivity index (χ1) is 27.1. The fourth-order valence-electron chi connectivity index (χ4n) is 6.66. The minimum absolute atomic E-state index is 0.0675. The summed E-state index contributed by atoms with van der Waals surface area (Å²) in [6, 6.07) is 14.9. The predicted octanol–water partition coefficient (Wildman–Crippen LogP) is 4.08. The summed E-state index contributed by atoms with van der Waals surface area (Å²) >= 11 is 0. The van der Waals surface area contributed by atoms with Crippen LogP contribution in [0.5, 0.6) is 23.0 Å². The summed E-state index contributed by atoms with van der Waals surface area (Å²) in [7, 11) is -23.5. The van der Waals surface area contributed by atoms with Crippen LogP contribution in [0, 0.1) is 6.92 Å². The van der Waals surface area contributed by atoms with E-state index in [1.807, 2.05) is 4.98 Å². The zero-order valence-electron chi connectivity index (χ0n) is 29.8. The highest BCUT2D eigenvalue weighted by atomic mass is 31.3. The second-order valence-electron chi connectivity index (χ2n) is 12.9. The third-order valence-electron chi connectivity index (χ3n) is 8.90. The standard InChI is InChI=1S/C32H32N2O20P4/c1-3-47-18-8-10-22-25(12-18)48-26-13-19(9-11-23(26)32(22)21-7-5-4-6-20(21)30(37)50-32)51-56(41,42)53-58(45,46)54-57(43,44)52-55(39,40)16-27-24(35)14-28(49-27)34-15-17(2)29(36)33-31(34)38/h4-13,15,24,27-28,35H,3,14,16H2,1-2H3,(H,39,40)(H,41,42)(H,43,44)(H,45,46)(H,33,36,38)/t24-,27?,28?,32?/m1/s1. The van der Waals surface area contributed by atoms with E-state index < -0.39 is 84.2 Å². The van der Waals surface area contributed by atoms with Gasteiger partial charge in [0.25, 0.3) is 5.56 Å². The molecule has 0 bridgehead atoms. The first-order valence-electron chi connectivity index (χ1n) is 16.8. The Hall–Kier alpha value is -4.23. The van der Waals surface area contributed by atoms with Crippen LogP contribution < -0.4 is 25.2 Å². The first kappa shape index (κ1) is 41.9. The van der Waals surface area contributed by atoms with Crippen LogP contribution in [0.4, 0.5) is 0 Å². The quantitative estimate of drug-likeness (QED) is 0.0814. The van der Waals surface area contributed by atoms with Crippen molar-refractivity contribution in [3.05, 3.63) is 116 Å². The van der Waals surface area contributed by atoms with E-state index in [1.54, 1.807) is 43.3 Å². The van der Waals surface area contributed by atoms with Gasteiger partial charge in [0.2, 0.25) is 0 Å². The summed E-state index contributed by atoms with van der Waals surface area (Å²) in [6.07, 6.45) is -4.87. The van der Waals surface area contributed by atoms with Gasteiger partial charge in [-0.05, 0) is 44.2 Å². The number of H-pyrrole nitrogens is 1. The Kier molecular flexibility index (Phi) is 10.9. The van der Waals surface area contributed by atoms with E-state index in [-0.39, 0.29) is 34.6 Å². The van der Waals surface area contributed by atoms with Gasteiger partial charge < -0.3 is 43.3 Å². The van der Waals surface area contributed by atoms with E-state index in [1.165, 1.54) is 19.1 Å². The number of aliphatic hydroxyl groups is 1. The Bertz CT molecular complexity index is 2650. The molecule has 4 heterocycles. The number of carbonyl (C=O) groups is 1. The largest absolute Gasteiger partial charge is 0.536 e. The summed E-state index contributed by atoms with van der Waals surface area (Å²) in [4.78, 5) is 80.0. The van der Waals surface area contributed by atoms with E-state index >= 15 is 0 Å². The summed E-state index contributed by atoms with van der Waals surface area (Å²) in [5.41, 5.74) is -1.69. The molecule has 4 aromatic rings. The lowest BCUT2D eigenvalue weighted by Crippen LogP contribution is -2.33. The number of esters is 1. The van der Waals surface area contributed by atoms with Crippen molar-refractivity contribution >= 4 is 37.0 Å². The van der Waals surface area contributed by atoms with Gasteiger partial charge in [0.15, 0.2) is 5.60 Å². The molecule has 7 unspecified atom stereocenters. The molecule has 3 aliphatic rings. The second-order valence-corrected chi connectivity index (χ2v) is 19.5. The van der Waals surface area contributed by atoms with E-state index in [4.69, 9.17) is 23.5 Å². The molecule has 22 nitrogen and oxygen atoms in total. The maximum Gasteiger partial charge on any atom is 0.536 e. The first-order valence-corrected chi connectivity index (χ1v) is 23.1. The SMILES string of the molecule is CCOc1ccc2c(c1)Oc1cc(OP(=O)(O)OP(=O)(O)OP(=O)(O)OP(=O)(O)CC3OC(n4cc(C)c(=O)[nH]c4=O)C[C@H]3O)ccc1C21OC(=O)c2ccccc21. The number of aromatic nitrogens is 2. The molecule has 0 saturated carbocycles. The Labute approximate surface area is 325 Å². The number of hydrogen-bond acceptors (Lipinski definition) is 16. The van der Waals surface area contributed by atoms with Gasteiger partial charge in [0.1, 0.15) is 29.2 Å². The van der Waals surface area contributed by atoms with Crippen molar-refractivity contribution in [1.82, 2.24) is 9.55 Å². The Morgan fingerprint density at radius 2 is 1.47 bits per heavy atom. The number of rotatable bonds is 13. The van der Waals surface area contributed by atoms with E-state index in [0.29, 0.717) is 23.5 Å². The van der Waals surface area contributed by atoms with Crippen LogP contribution in [0.15, 0.2) is 76.4 Å². The van der Waals surface area contributed by atoms with Gasteiger partial charge in [0.05, 0.1) is 30.5 Å². The third kappa shape index (κ3) is 8.30. The number of aromatic amines is 1. The number of nitrogens with zero attached hydrogens (tertiary/aromatic N) is 1. The molecule has 1 fully saturated rings. The highest BCUT2D eigenvalue weighted by Gasteiger charge is 2.54. The molecule has 58 heavy (non-hydrogen) atoms. The van der Waals surface area contributed by atoms with E-state index in [2.05, 4.69) is 12.9 Å². The van der Waals surface area contributed by atoms with Gasteiger partial charge in [-0.15, -0.1) is 0 Å². The molecule has 1 saturated heterocycles. The molecule has 3 aliphatic heterocycles. The van der Waals surface area contributed by atoms with Crippen molar-refractivity contribution in [2.75, 3.05) is 12.8 Å². The molecule has 1 aromatic heterocycles. The van der Waals surface area contributed by atoms with Gasteiger partial charge in [-0.3, -0.25) is 23.8 Å². The third-order valence-corrected chi connectivity index (χ3v) is 15.3. The lowest BCUT2D eigenvalue weighted by Gasteiger charge is -2.36. The molecular formula is C32H32N2O20P4. The zero-order chi connectivity index (χ0) is 42.0. The summed E-state index contributed by atoms with van der Waals surface area (Å²) < 4.78 is 92.4. The number of nitrogens with one attached hydrogen (secondary N) is 1.